The summed E-state index contributed by atoms with van der Waals surface area (Å²) in [5.74, 6) is -1.19. The normalized spacial score (nSPS) is 19.1. The van der Waals surface area contributed by atoms with Gasteiger partial charge in [0.2, 0.25) is 5.91 Å². The summed E-state index contributed by atoms with van der Waals surface area (Å²) in [7, 11) is -3.30. The van der Waals surface area contributed by atoms with Crippen LogP contribution in [0.3, 0.4) is 0 Å². The van der Waals surface area contributed by atoms with Crippen LogP contribution < -0.4 is 9.86 Å². The van der Waals surface area contributed by atoms with Gasteiger partial charge in [0.25, 0.3) is 21.5 Å². The first-order valence-electron chi connectivity index (χ1n) is 17.3. The van der Waals surface area contributed by atoms with Crippen LogP contribution in [0.1, 0.15) is 43.9 Å². The van der Waals surface area contributed by atoms with E-state index in [4.69, 9.17) is 32.7 Å². The van der Waals surface area contributed by atoms with E-state index in [0.29, 0.717) is 73.7 Å². The topological polar surface area (TPSA) is 139 Å². The highest BCUT2D eigenvalue weighted by atomic mass is 35.5. The first-order valence-corrected chi connectivity index (χ1v) is 19.5. The lowest BCUT2D eigenvalue weighted by molar-refractivity contribution is -0.136. The lowest BCUT2D eigenvalue weighted by Crippen LogP contribution is -2.53. The smallest absolute Gasteiger partial charge is 0.337 e. The van der Waals surface area contributed by atoms with Gasteiger partial charge in [0.1, 0.15) is 11.4 Å². The van der Waals surface area contributed by atoms with Gasteiger partial charge < -0.3 is 19.3 Å². The van der Waals surface area contributed by atoms with Crippen molar-refractivity contribution in [3.8, 4) is 0 Å². The minimum Gasteiger partial charge on any atom is -0.465 e. The summed E-state index contributed by atoms with van der Waals surface area (Å²) >= 11 is 12.5. The summed E-state index contributed by atoms with van der Waals surface area (Å²) in [6.07, 6.45) is 0. The van der Waals surface area contributed by atoms with Gasteiger partial charge in [-0.3, -0.25) is 23.9 Å². The molecule has 282 valence electrons. The van der Waals surface area contributed by atoms with Crippen molar-refractivity contribution in [2.24, 2.45) is 0 Å². The van der Waals surface area contributed by atoms with Gasteiger partial charge >= 0.3 is 5.97 Å². The first kappa shape index (κ1) is 37.6. The molecule has 0 radical (unpaired) electrons. The van der Waals surface area contributed by atoms with Crippen molar-refractivity contribution in [2.75, 3.05) is 70.4 Å². The molecule has 0 unspecified atom stereocenters. The monoisotopic (exact) mass is 793 g/mol. The standard InChI is InChI=1S/C38H37Cl2N5O8S/c1-52-38(49)27-3-2-4-30(23-27)54(50,51)45-32-14-13-31(36(47)43-17-15-41(16-18-43)24-33(46)42-19-21-53-22-20-42)37(48)44(32)34(25-5-9-28(39)10-6-25)35(45)26-7-11-29(40)12-8-26/h2-14,23,34-35H,15-22,24H2,1H3/t34-,35+/m1/s1. The number of hydrogen-bond acceptors (Lipinski definition) is 9. The Balaban J connectivity index is 1.28. The largest absolute Gasteiger partial charge is 0.465 e. The van der Waals surface area contributed by atoms with E-state index < -0.39 is 39.5 Å². The van der Waals surface area contributed by atoms with Crippen LogP contribution in [0.2, 0.25) is 10.0 Å². The summed E-state index contributed by atoms with van der Waals surface area (Å²) in [5.41, 5.74) is 0.302. The van der Waals surface area contributed by atoms with E-state index in [2.05, 4.69) is 0 Å². The molecule has 3 aromatic carbocycles. The average molecular weight is 795 g/mol. The minimum absolute atomic E-state index is 0.00922. The van der Waals surface area contributed by atoms with Gasteiger partial charge in [-0.05, 0) is 65.7 Å². The molecule has 3 aliphatic heterocycles. The lowest BCUT2D eigenvalue weighted by Gasteiger charge is -2.36. The number of piperazine rings is 1. The highest BCUT2D eigenvalue weighted by Gasteiger charge is 2.48. The molecule has 3 aliphatic rings. The number of esters is 1. The van der Waals surface area contributed by atoms with Gasteiger partial charge in [-0.25, -0.2) is 17.5 Å². The molecule has 0 N–H and O–H groups in total. The first-order chi connectivity index (χ1) is 26.0. The number of carbonyl (C=O) groups is 3. The molecule has 2 fully saturated rings. The predicted octanol–water partition coefficient (Wildman–Crippen LogP) is 4.10. The number of sulfonamides is 1. The molecule has 54 heavy (non-hydrogen) atoms. The van der Waals surface area contributed by atoms with Crippen molar-refractivity contribution in [1.82, 2.24) is 19.3 Å². The van der Waals surface area contributed by atoms with Crippen molar-refractivity contribution in [3.05, 3.63) is 128 Å². The van der Waals surface area contributed by atoms with Crippen LogP contribution in [0, 0.1) is 0 Å². The molecular weight excluding hydrogens is 757 g/mol. The summed E-state index contributed by atoms with van der Waals surface area (Å²) in [6, 6.07) is 19.7. The highest BCUT2D eigenvalue weighted by molar-refractivity contribution is 7.92. The van der Waals surface area contributed by atoms with E-state index in [-0.39, 0.29) is 34.3 Å². The third-order valence-electron chi connectivity index (χ3n) is 10.00. The molecule has 2 atom stereocenters. The van der Waals surface area contributed by atoms with E-state index in [1.54, 1.807) is 58.3 Å². The SMILES string of the molecule is COC(=O)c1cccc(S(=O)(=O)N2c3ccc(C(=O)N4CCN(CC(=O)N5CCOCC5)CC4)c(=O)n3[C@H](c3ccc(Cl)cc3)[C@@H]2c2ccc(Cl)cc2)c1. The number of pyridine rings is 1. The van der Waals surface area contributed by atoms with Crippen LogP contribution in [0.15, 0.2) is 94.6 Å². The molecule has 0 saturated carbocycles. The van der Waals surface area contributed by atoms with Crippen molar-refractivity contribution in [2.45, 2.75) is 17.0 Å². The van der Waals surface area contributed by atoms with Gasteiger partial charge in [-0.1, -0.05) is 53.5 Å². The second-order valence-corrected chi connectivity index (χ2v) is 15.8. The zero-order chi connectivity index (χ0) is 38.1. The average Bonchev–Trinajstić information content (AvgIpc) is 3.55. The van der Waals surface area contributed by atoms with E-state index in [1.165, 1.54) is 48.1 Å². The molecule has 0 spiro atoms. The number of methoxy groups -OCH3 is 1. The molecule has 2 amide bonds. The second kappa shape index (κ2) is 15.6. The number of amides is 2. The lowest BCUT2D eigenvalue weighted by atomic mass is 9.94. The Kier molecular flexibility index (Phi) is 10.8. The zero-order valence-electron chi connectivity index (χ0n) is 29.3. The molecule has 2 saturated heterocycles. The van der Waals surface area contributed by atoms with E-state index in [0.717, 1.165) is 4.31 Å². The number of anilines is 1. The number of aromatic nitrogens is 1. The second-order valence-electron chi connectivity index (χ2n) is 13.2. The van der Waals surface area contributed by atoms with Gasteiger partial charge in [0.15, 0.2) is 0 Å². The number of ether oxygens (including phenoxy) is 2. The maximum absolute atomic E-state index is 14.8. The quantitative estimate of drug-likeness (QED) is 0.242. The van der Waals surface area contributed by atoms with Crippen LogP contribution in [0.4, 0.5) is 5.82 Å². The fourth-order valence-corrected chi connectivity index (χ4v) is 9.14. The molecule has 1 aromatic heterocycles. The number of morpholine rings is 1. The molecule has 4 aromatic rings. The Morgan fingerprint density at radius 3 is 2.00 bits per heavy atom. The summed E-state index contributed by atoms with van der Waals surface area (Å²) in [4.78, 5) is 59.2. The number of fused-ring (bicyclic) bond motifs is 1. The van der Waals surface area contributed by atoms with Crippen LogP contribution in [0.5, 0.6) is 0 Å². The molecule has 4 heterocycles. The molecule has 13 nitrogen and oxygen atoms in total. The third kappa shape index (κ3) is 7.23. The minimum atomic E-state index is -4.50. The van der Waals surface area contributed by atoms with Gasteiger partial charge in [-0.15, -0.1) is 0 Å². The van der Waals surface area contributed by atoms with Gasteiger partial charge in [0, 0.05) is 49.3 Å². The Morgan fingerprint density at radius 1 is 0.778 bits per heavy atom. The van der Waals surface area contributed by atoms with Gasteiger partial charge in [0.05, 0.1) is 49.4 Å². The number of benzene rings is 3. The predicted molar refractivity (Wildman–Crippen MR) is 202 cm³/mol. The number of hydrogen-bond donors (Lipinski definition) is 0. The Hall–Kier alpha value is -4.73. The maximum atomic E-state index is 14.8. The van der Waals surface area contributed by atoms with Gasteiger partial charge in [-0.2, -0.15) is 0 Å². The summed E-state index contributed by atoms with van der Waals surface area (Å²) < 4.78 is 42.3. The molecule has 16 heteroatoms. The molecule has 0 bridgehead atoms. The highest BCUT2D eigenvalue weighted by Crippen LogP contribution is 2.49. The third-order valence-corrected chi connectivity index (χ3v) is 12.3. The Labute approximate surface area is 322 Å². The van der Waals surface area contributed by atoms with E-state index in [9.17, 15) is 27.6 Å². The summed E-state index contributed by atoms with van der Waals surface area (Å²) in [5, 5.41) is 0.860. The molecular formula is C38H37Cl2N5O8S. The zero-order valence-corrected chi connectivity index (χ0v) is 31.6. The van der Waals surface area contributed by atoms with Crippen molar-refractivity contribution < 1.29 is 32.3 Å². The Morgan fingerprint density at radius 2 is 1.39 bits per heavy atom. The van der Waals surface area contributed by atoms with Crippen molar-refractivity contribution in [1.29, 1.82) is 0 Å². The number of rotatable bonds is 8. The van der Waals surface area contributed by atoms with Crippen LogP contribution in [-0.2, 0) is 24.3 Å². The van der Waals surface area contributed by atoms with Crippen LogP contribution in [0.25, 0.3) is 0 Å². The van der Waals surface area contributed by atoms with Crippen molar-refractivity contribution in [3.63, 3.8) is 0 Å². The summed E-state index contributed by atoms with van der Waals surface area (Å²) in [6.45, 7) is 3.82. The fourth-order valence-electron chi connectivity index (χ4n) is 7.21. The van der Waals surface area contributed by atoms with E-state index in [1.807, 2.05) is 4.90 Å². The maximum Gasteiger partial charge on any atom is 0.337 e. The number of nitrogens with zero attached hydrogens (tertiary/aromatic N) is 5. The van der Waals surface area contributed by atoms with Crippen LogP contribution in [-0.4, -0.2) is 112 Å². The molecule has 0 aliphatic carbocycles. The Bertz CT molecular complexity index is 2240. The molecule has 7 rings (SSSR count). The number of carbonyl (C=O) groups excluding carboxylic acids is 3. The van der Waals surface area contributed by atoms with E-state index >= 15 is 0 Å². The fraction of sp³-hybridized carbons (Fsp3) is 0.316. The van der Waals surface area contributed by atoms with Crippen LogP contribution >= 0.6 is 23.2 Å². The van der Waals surface area contributed by atoms with Crippen molar-refractivity contribution >= 4 is 56.8 Å². The number of halogens is 2.